The number of hydrogen-bond donors (Lipinski definition) is 1. The first-order chi connectivity index (χ1) is 14.1. The molecule has 0 aliphatic carbocycles. The van der Waals surface area contributed by atoms with Gasteiger partial charge in [-0.05, 0) is 36.8 Å². The number of sulfonamides is 1. The average Bonchev–Trinajstić information content (AvgIpc) is 2.68. The molecule has 1 atom stereocenters. The van der Waals surface area contributed by atoms with Crippen LogP contribution in [0.25, 0.3) is 0 Å². The van der Waals surface area contributed by atoms with Crippen molar-refractivity contribution < 1.29 is 22.3 Å². The van der Waals surface area contributed by atoms with E-state index in [4.69, 9.17) is 16.3 Å². The summed E-state index contributed by atoms with van der Waals surface area (Å²) < 4.78 is 44.4. The largest absolute Gasteiger partial charge is 0.495 e. The molecule has 1 N–H and O–H groups in total. The van der Waals surface area contributed by atoms with Crippen LogP contribution in [0.1, 0.15) is 12.5 Å². The standard InChI is InChI=1S/C20H24ClFN2O4S2/c1-14(20(25)23-10-11-29-13-15-6-4-5-7-18(15)22)24(30(3,26)27)16-8-9-19(28-2)17(21)12-16/h4-9,12,14H,10-11,13H2,1-3H3,(H,23,25)/t14-/m1/s1. The zero-order valence-corrected chi connectivity index (χ0v) is 19.3. The van der Waals surface area contributed by atoms with E-state index < -0.39 is 22.0 Å². The van der Waals surface area contributed by atoms with Gasteiger partial charge < -0.3 is 10.1 Å². The number of amides is 1. The molecule has 30 heavy (non-hydrogen) atoms. The van der Waals surface area contributed by atoms with Crippen LogP contribution in [0.5, 0.6) is 5.75 Å². The van der Waals surface area contributed by atoms with E-state index in [2.05, 4.69) is 5.32 Å². The normalized spacial score (nSPS) is 12.3. The number of nitrogens with one attached hydrogen (secondary N) is 1. The summed E-state index contributed by atoms with van der Waals surface area (Å²) >= 11 is 7.58. The number of nitrogens with zero attached hydrogens (tertiary/aromatic N) is 1. The Balaban J connectivity index is 1.97. The van der Waals surface area contributed by atoms with Crippen LogP contribution in [0.3, 0.4) is 0 Å². The lowest BCUT2D eigenvalue weighted by molar-refractivity contribution is -0.121. The Morgan fingerprint density at radius 1 is 1.30 bits per heavy atom. The molecule has 1 amide bonds. The second-order valence-electron chi connectivity index (χ2n) is 6.49. The molecule has 0 saturated carbocycles. The fourth-order valence-electron chi connectivity index (χ4n) is 2.79. The molecule has 6 nitrogen and oxygen atoms in total. The topological polar surface area (TPSA) is 75.7 Å². The summed E-state index contributed by atoms with van der Waals surface area (Å²) in [6, 6.07) is 10.1. The number of methoxy groups -OCH3 is 1. The lowest BCUT2D eigenvalue weighted by Gasteiger charge is -2.28. The number of halogens is 2. The number of anilines is 1. The van der Waals surface area contributed by atoms with Gasteiger partial charge in [0.2, 0.25) is 15.9 Å². The van der Waals surface area contributed by atoms with E-state index in [-0.39, 0.29) is 16.5 Å². The molecule has 0 bridgehead atoms. The predicted molar refractivity (Wildman–Crippen MR) is 120 cm³/mol. The number of hydrogen-bond acceptors (Lipinski definition) is 5. The van der Waals surface area contributed by atoms with E-state index in [0.29, 0.717) is 29.4 Å². The summed E-state index contributed by atoms with van der Waals surface area (Å²) in [4.78, 5) is 12.6. The van der Waals surface area contributed by atoms with E-state index in [9.17, 15) is 17.6 Å². The molecule has 10 heteroatoms. The maximum atomic E-state index is 13.6. The molecule has 0 heterocycles. The predicted octanol–water partition coefficient (Wildman–Crippen LogP) is 3.69. The van der Waals surface area contributed by atoms with Gasteiger partial charge in [-0.2, -0.15) is 11.8 Å². The van der Waals surface area contributed by atoms with Crippen molar-refractivity contribution in [2.24, 2.45) is 0 Å². The molecular weight excluding hydrogens is 451 g/mol. The first-order valence-electron chi connectivity index (χ1n) is 9.07. The Morgan fingerprint density at radius 3 is 2.60 bits per heavy atom. The number of carbonyl (C=O) groups excluding carboxylic acids is 1. The van der Waals surface area contributed by atoms with Gasteiger partial charge in [-0.3, -0.25) is 9.10 Å². The second kappa shape index (κ2) is 10.9. The van der Waals surface area contributed by atoms with Crippen molar-refractivity contribution in [3.8, 4) is 5.75 Å². The van der Waals surface area contributed by atoms with Gasteiger partial charge >= 0.3 is 0 Å². The lowest BCUT2D eigenvalue weighted by Crippen LogP contribution is -2.48. The van der Waals surface area contributed by atoms with Crippen LogP contribution in [0.15, 0.2) is 42.5 Å². The van der Waals surface area contributed by atoms with Gasteiger partial charge in [0.25, 0.3) is 0 Å². The van der Waals surface area contributed by atoms with Crippen molar-refractivity contribution in [2.45, 2.75) is 18.7 Å². The van der Waals surface area contributed by atoms with Crippen molar-refractivity contribution in [3.63, 3.8) is 0 Å². The van der Waals surface area contributed by atoms with Crippen LogP contribution in [0, 0.1) is 5.82 Å². The van der Waals surface area contributed by atoms with Gasteiger partial charge in [0.1, 0.15) is 17.6 Å². The number of ether oxygens (including phenoxy) is 1. The van der Waals surface area contributed by atoms with Crippen molar-refractivity contribution in [3.05, 3.63) is 58.9 Å². The van der Waals surface area contributed by atoms with Crippen molar-refractivity contribution in [1.82, 2.24) is 5.32 Å². The van der Waals surface area contributed by atoms with Crippen molar-refractivity contribution in [1.29, 1.82) is 0 Å². The highest BCUT2D eigenvalue weighted by molar-refractivity contribution is 7.98. The van der Waals surface area contributed by atoms with Gasteiger partial charge in [0, 0.05) is 18.1 Å². The zero-order chi connectivity index (χ0) is 22.3. The minimum atomic E-state index is -3.75. The summed E-state index contributed by atoms with van der Waals surface area (Å²) in [6.45, 7) is 1.82. The van der Waals surface area contributed by atoms with Crippen LogP contribution >= 0.6 is 23.4 Å². The molecule has 0 aliphatic rings. The van der Waals surface area contributed by atoms with E-state index in [1.165, 1.54) is 44.0 Å². The third-order valence-corrected chi connectivity index (χ3v) is 6.78. The molecule has 0 fully saturated rings. The van der Waals surface area contributed by atoms with Gasteiger partial charge in [0.15, 0.2) is 0 Å². The third-order valence-electron chi connectivity index (χ3n) is 4.24. The van der Waals surface area contributed by atoms with Crippen LogP contribution in [0.4, 0.5) is 10.1 Å². The Bertz CT molecular complexity index is 989. The van der Waals surface area contributed by atoms with Gasteiger partial charge in [-0.25, -0.2) is 12.8 Å². The highest BCUT2D eigenvalue weighted by atomic mass is 35.5. The van der Waals surface area contributed by atoms with E-state index in [1.54, 1.807) is 24.3 Å². The molecule has 0 aromatic heterocycles. The maximum Gasteiger partial charge on any atom is 0.243 e. The van der Waals surface area contributed by atoms with E-state index >= 15 is 0 Å². The highest BCUT2D eigenvalue weighted by Crippen LogP contribution is 2.31. The van der Waals surface area contributed by atoms with Crippen LogP contribution in [0.2, 0.25) is 5.02 Å². The first-order valence-corrected chi connectivity index (χ1v) is 12.4. The Hall–Kier alpha value is -1.97. The third kappa shape index (κ3) is 6.52. The molecule has 2 rings (SSSR count). The second-order valence-corrected chi connectivity index (χ2v) is 9.86. The fourth-order valence-corrected chi connectivity index (χ4v) is 5.06. The van der Waals surface area contributed by atoms with Crippen LogP contribution in [-0.4, -0.2) is 46.0 Å². The fraction of sp³-hybridized carbons (Fsp3) is 0.350. The zero-order valence-electron chi connectivity index (χ0n) is 16.9. The molecular formula is C20H24ClFN2O4S2. The summed E-state index contributed by atoms with van der Waals surface area (Å²) in [5, 5.41) is 2.96. The smallest absolute Gasteiger partial charge is 0.243 e. The number of rotatable bonds is 10. The van der Waals surface area contributed by atoms with Gasteiger partial charge in [0.05, 0.1) is 24.1 Å². The van der Waals surface area contributed by atoms with Gasteiger partial charge in [-0.15, -0.1) is 0 Å². The van der Waals surface area contributed by atoms with Gasteiger partial charge in [-0.1, -0.05) is 29.8 Å². The Kier molecular flexibility index (Phi) is 8.81. The van der Waals surface area contributed by atoms with E-state index in [1.807, 2.05) is 0 Å². The van der Waals surface area contributed by atoms with Crippen LogP contribution in [-0.2, 0) is 20.6 Å². The maximum absolute atomic E-state index is 13.6. The molecule has 0 radical (unpaired) electrons. The Labute approximate surface area is 185 Å². The number of benzene rings is 2. The molecule has 2 aromatic carbocycles. The highest BCUT2D eigenvalue weighted by Gasteiger charge is 2.29. The SMILES string of the molecule is COc1ccc(N([C@H](C)C(=O)NCCSCc2ccccc2F)S(C)(=O)=O)cc1Cl. The molecule has 0 aliphatic heterocycles. The first kappa shape index (κ1) is 24.3. The van der Waals surface area contributed by atoms with Crippen molar-refractivity contribution >= 4 is 45.0 Å². The molecule has 2 aromatic rings. The number of thioether (sulfide) groups is 1. The number of carbonyl (C=O) groups is 1. The van der Waals surface area contributed by atoms with Crippen LogP contribution < -0.4 is 14.4 Å². The average molecular weight is 475 g/mol. The minimum absolute atomic E-state index is 0.237. The molecule has 0 unspecified atom stereocenters. The van der Waals surface area contributed by atoms with Crippen molar-refractivity contribution in [2.75, 3.05) is 30.0 Å². The van der Waals surface area contributed by atoms with E-state index in [0.717, 1.165) is 10.6 Å². The summed E-state index contributed by atoms with van der Waals surface area (Å²) in [6.07, 6.45) is 1.03. The summed E-state index contributed by atoms with van der Waals surface area (Å²) in [5.74, 6) is 0.735. The summed E-state index contributed by atoms with van der Waals surface area (Å²) in [7, 11) is -2.29. The lowest BCUT2D eigenvalue weighted by atomic mass is 10.2. The molecule has 0 spiro atoms. The quantitative estimate of drug-likeness (QED) is 0.531. The monoisotopic (exact) mass is 474 g/mol. The minimum Gasteiger partial charge on any atom is -0.495 e. The summed E-state index contributed by atoms with van der Waals surface area (Å²) in [5.41, 5.74) is 0.863. The Morgan fingerprint density at radius 2 is 2.00 bits per heavy atom. The molecule has 0 saturated heterocycles. The molecule has 164 valence electrons.